The molecule has 1 rings (SSSR count). The predicted molar refractivity (Wildman–Crippen MR) is 57.2 cm³/mol. The molecule has 5 nitrogen and oxygen atoms in total. The van der Waals surface area contributed by atoms with E-state index in [-0.39, 0.29) is 51.4 Å². The first-order valence-electron chi connectivity index (χ1n) is 4.82. The van der Waals surface area contributed by atoms with Crippen LogP contribution in [0.5, 0.6) is 0 Å². The summed E-state index contributed by atoms with van der Waals surface area (Å²) < 4.78 is 41.4. The molecule has 1 aromatic carbocycles. The van der Waals surface area contributed by atoms with Gasteiger partial charge in [0.15, 0.2) is 0 Å². The molecule has 0 amide bonds. The molecule has 19 heavy (non-hydrogen) atoms. The first-order chi connectivity index (χ1) is 8.26. The summed E-state index contributed by atoms with van der Waals surface area (Å²) in [6.07, 6.45) is -1.37. The number of methoxy groups -OCH3 is 1. The van der Waals surface area contributed by atoms with E-state index in [2.05, 4.69) is 4.74 Å². The summed E-state index contributed by atoms with van der Waals surface area (Å²) in [4.78, 5) is 21.1. The number of carbonyl (C=O) groups is 1. The number of hydrogen-bond donors (Lipinski definition) is 0. The number of nitrogens with zero attached hydrogens (tertiary/aromatic N) is 1. The normalized spacial score (nSPS) is 10.5. The molecule has 0 radical (unpaired) electrons. The number of nitro groups is 1. The second kappa shape index (κ2) is 7.39. The summed E-state index contributed by atoms with van der Waals surface area (Å²) in [5.74, 6) is -1.16. The Kier molecular flexibility index (Phi) is 7.22. The molecular formula is C9H8BF3KNO4. The SMILES string of the molecule is COC(=O)c1c(C[B-](F)(F)F)cccc1[N+](=O)[O-].[K+]. The average Bonchev–Trinajstić information content (AvgIpc) is 2.25. The van der Waals surface area contributed by atoms with Gasteiger partial charge in [0.05, 0.1) is 12.0 Å². The summed E-state index contributed by atoms with van der Waals surface area (Å²) in [5, 5.41) is 10.7. The van der Waals surface area contributed by atoms with Crippen molar-refractivity contribution in [2.75, 3.05) is 7.11 Å². The van der Waals surface area contributed by atoms with E-state index in [9.17, 15) is 27.9 Å². The van der Waals surface area contributed by atoms with Gasteiger partial charge in [-0.15, -0.1) is 0 Å². The van der Waals surface area contributed by atoms with Crippen molar-refractivity contribution in [2.24, 2.45) is 0 Å². The second-order valence-electron chi connectivity index (χ2n) is 3.47. The third kappa shape index (κ3) is 5.23. The van der Waals surface area contributed by atoms with Gasteiger partial charge >= 0.3 is 64.3 Å². The quantitative estimate of drug-likeness (QED) is 0.320. The van der Waals surface area contributed by atoms with Crippen molar-refractivity contribution >= 4 is 18.6 Å². The van der Waals surface area contributed by atoms with Crippen LogP contribution in [0.4, 0.5) is 18.6 Å². The zero-order valence-corrected chi connectivity index (χ0v) is 13.4. The Balaban J connectivity index is 0.00000324. The van der Waals surface area contributed by atoms with Gasteiger partial charge in [0.2, 0.25) is 0 Å². The fourth-order valence-electron chi connectivity index (χ4n) is 1.50. The molecule has 0 bridgehead atoms. The van der Waals surface area contributed by atoms with Gasteiger partial charge in [0.25, 0.3) is 5.69 Å². The Morgan fingerprint density at radius 1 is 1.42 bits per heavy atom. The molecule has 0 atom stereocenters. The minimum Gasteiger partial charge on any atom is -0.465 e. The van der Waals surface area contributed by atoms with Crippen LogP contribution in [0.25, 0.3) is 0 Å². The largest absolute Gasteiger partial charge is 1.00 e. The number of nitro benzene ring substituents is 1. The van der Waals surface area contributed by atoms with Crippen molar-refractivity contribution in [1.82, 2.24) is 0 Å². The van der Waals surface area contributed by atoms with Gasteiger partial charge in [-0.2, -0.15) is 0 Å². The van der Waals surface area contributed by atoms with Gasteiger partial charge in [0, 0.05) is 6.07 Å². The standard InChI is InChI=1S/C9H8BF3NO4.K/c1-18-9(15)8-6(5-10(11,12)13)3-2-4-7(8)14(16)17;/h2-4H,5H2,1H3;/q-1;+1. The maximum absolute atomic E-state index is 12.4. The van der Waals surface area contributed by atoms with Crippen LogP contribution in [0.3, 0.4) is 0 Å². The number of halogens is 3. The van der Waals surface area contributed by atoms with Crippen molar-refractivity contribution in [3.63, 3.8) is 0 Å². The van der Waals surface area contributed by atoms with Crippen LogP contribution in [0.2, 0.25) is 0 Å². The molecule has 10 heteroatoms. The summed E-state index contributed by atoms with van der Waals surface area (Å²) in [6.45, 7) is -5.20. The number of esters is 1. The average molecular weight is 301 g/mol. The zero-order valence-electron chi connectivity index (χ0n) is 10.2. The van der Waals surface area contributed by atoms with Crippen molar-refractivity contribution in [3.8, 4) is 0 Å². The molecule has 0 saturated heterocycles. The Morgan fingerprint density at radius 2 is 2.00 bits per heavy atom. The second-order valence-corrected chi connectivity index (χ2v) is 3.47. The maximum Gasteiger partial charge on any atom is 1.00 e. The predicted octanol–water partition coefficient (Wildman–Crippen LogP) is -0.685. The Labute approximate surface area is 149 Å². The smallest absolute Gasteiger partial charge is 0.465 e. The first-order valence-corrected chi connectivity index (χ1v) is 4.82. The molecule has 0 N–H and O–H groups in total. The van der Waals surface area contributed by atoms with Gasteiger partial charge in [-0.3, -0.25) is 10.1 Å². The van der Waals surface area contributed by atoms with Crippen LogP contribution in [0, 0.1) is 10.1 Å². The zero-order chi connectivity index (χ0) is 13.9. The molecule has 1 aromatic rings. The fraction of sp³-hybridized carbons (Fsp3) is 0.222. The van der Waals surface area contributed by atoms with Crippen molar-refractivity contribution < 1.29 is 78.8 Å². The van der Waals surface area contributed by atoms with E-state index in [1.165, 1.54) is 0 Å². The van der Waals surface area contributed by atoms with E-state index < -0.39 is 41.0 Å². The van der Waals surface area contributed by atoms with E-state index in [0.717, 1.165) is 25.3 Å². The molecule has 0 saturated carbocycles. The van der Waals surface area contributed by atoms with E-state index in [0.29, 0.717) is 0 Å². The third-order valence-electron chi connectivity index (χ3n) is 2.17. The molecule has 0 unspecified atom stereocenters. The van der Waals surface area contributed by atoms with E-state index >= 15 is 0 Å². The van der Waals surface area contributed by atoms with Gasteiger partial charge in [-0.05, 0) is 0 Å². The van der Waals surface area contributed by atoms with Crippen molar-refractivity contribution in [1.29, 1.82) is 0 Å². The Hall–Kier alpha value is -0.419. The van der Waals surface area contributed by atoms with E-state index in [4.69, 9.17) is 0 Å². The van der Waals surface area contributed by atoms with Gasteiger partial charge in [0.1, 0.15) is 5.56 Å². The number of rotatable bonds is 4. The van der Waals surface area contributed by atoms with Crippen LogP contribution in [0.15, 0.2) is 18.2 Å². The maximum atomic E-state index is 12.4. The molecule has 0 spiro atoms. The van der Waals surface area contributed by atoms with Crippen molar-refractivity contribution in [2.45, 2.75) is 6.32 Å². The van der Waals surface area contributed by atoms with Crippen LogP contribution in [-0.2, 0) is 11.1 Å². The minimum absolute atomic E-state index is 0. The number of ether oxygens (including phenoxy) is 1. The van der Waals surface area contributed by atoms with Gasteiger partial charge in [-0.25, -0.2) is 4.79 Å². The molecular weight excluding hydrogens is 293 g/mol. The Morgan fingerprint density at radius 3 is 2.42 bits per heavy atom. The van der Waals surface area contributed by atoms with E-state index in [1.54, 1.807) is 0 Å². The topological polar surface area (TPSA) is 69.4 Å². The molecule has 98 valence electrons. The van der Waals surface area contributed by atoms with Crippen molar-refractivity contribution in [3.05, 3.63) is 39.4 Å². The molecule has 0 aromatic heterocycles. The number of hydrogen-bond acceptors (Lipinski definition) is 4. The summed E-state index contributed by atoms with van der Waals surface area (Å²) >= 11 is 0. The summed E-state index contributed by atoms with van der Waals surface area (Å²) in [6, 6.07) is 3.08. The summed E-state index contributed by atoms with van der Waals surface area (Å²) in [7, 11) is 0.946. The first kappa shape index (κ1) is 18.6. The molecule has 0 aliphatic heterocycles. The summed E-state index contributed by atoms with van der Waals surface area (Å²) in [5.41, 5.74) is -1.80. The number of benzene rings is 1. The third-order valence-corrected chi connectivity index (χ3v) is 2.17. The molecule has 0 aliphatic rings. The minimum atomic E-state index is -5.20. The van der Waals surface area contributed by atoms with Gasteiger partial charge in [-0.1, -0.05) is 24.0 Å². The van der Waals surface area contributed by atoms with Gasteiger partial charge < -0.3 is 17.7 Å². The molecule has 0 aliphatic carbocycles. The van der Waals surface area contributed by atoms with Crippen LogP contribution >= 0.6 is 0 Å². The monoisotopic (exact) mass is 301 g/mol. The number of carbonyl (C=O) groups excluding carboxylic acids is 1. The van der Waals surface area contributed by atoms with Crippen LogP contribution < -0.4 is 51.4 Å². The molecule has 0 fully saturated rings. The van der Waals surface area contributed by atoms with E-state index in [1.807, 2.05) is 0 Å². The van der Waals surface area contributed by atoms with Crippen LogP contribution in [0.1, 0.15) is 15.9 Å². The molecule has 0 heterocycles. The Bertz CT molecular complexity index is 495. The fourth-order valence-corrected chi connectivity index (χ4v) is 1.50. The van der Waals surface area contributed by atoms with Crippen LogP contribution in [-0.4, -0.2) is 25.0 Å².